The Kier molecular flexibility index (Phi) is 17.9. The monoisotopic (exact) mass is 842 g/mol. The maximum absolute atomic E-state index is 12.0. The van der Waals surface area contributed by atoms with Gasteiger partial charge in [-0.25, -0.2) is 9.78 Å². The van der Waals surface area contributed by atoms with Crippen LogP contribution in [0.1, 0.15) is 70.2 Å². The van der Waals surface area contributed by atoms with Crippen molar-refractivity contribution in [2.45, 2.75) is 59.7 Å². The molecular weight excluding hydrogens is 789 g/mol. The summed E-state index contributed by atoms with van der Waals surface area (Å²) >= 11 is 0. The zero-order chi connectivity index (χ0) is 45.3. The summed E-state index contributed by atoms with van der Waals surface area (Å²) in [6, 6.07) is 14.6. The van der Waals surface area contributed by atoms with Crippen molar-refractivity contribution in [1.29, 1.82) is 0 Å². The SMILES string of the molecule is CCn1nc(C)cc1C=O.CN.CNc1nc2cc(C=O)cc(OC)c2n1C/C=C/CNc1c(OCCc2ccc(NC(=O)OC(C)(C)C)cc2)cc(C(N)=O)cc1[N+](=O)[O-]. The van der Waals surface area contributed by atoms with E-state index in [0.717, 1.165) is 36.4 Å². The molecule has 0 spiro atoms. The zero-order valence-electron chi connectivity index (χ0n) is 35.6. The molecule has 0 bridgehead atoms. The molecule has 3 aromatic carbocycles. The van der Waals surface area contributed by atoms with Crippen molar-refractivity contribution in [3.8, 4) is 11.5 Å². The number of aryl methyl sites for hydroxylation is 2. The molecule has 0 aliphatic heterocycles. The third-order valence-electron chi connectivity index (χ3n) is 8.42. The van der Waals surface area contributed by atoms with Crippen molar-refractivity contribution in [1.82, 2.24) is 19.3 Å². The molecule has 5 aromatic rings. The number of amides is 2. The van der Waals surface area contributed by atoms with Crippen molar-refractivity contribution in [3.05, 3.63) is 105 Å². The number of nitro benzene ring substituents is 1. The number of methoxy groups -OCH3 is 1. The highest BCUT2D eigenvalue weighted by Gasteiger charge is 2.23. The van der Waals surface area contributed by atoms with Gasteiger partial charge >= 0.3 is 6.09 Å². The number of aromatic nitrogens is 4. The first-order valence-corrected chi connectivity index (χ1v) is 19.1. The van der Waals surface area contributed by atoms with Crippen LogP contribution in [0.4, 0.5) is 27.8 Å². The number of carbonyl (C=O) groups excluding carboxylic acids is 4. The fourth-order valence-corrected chi connectivity index (χ4v) is 5.81. The molecule has 5 rings (SSSR count). The number of hydrogen-bond donors (Lipinski definition) is 5. The number of aldehydes is 2. The topological polar surface area (TPSA) is 263 Å². The highest BCUT2D eigenvalue weighted by atomic mass is 16.6. The van der Waals surface area contributed by atoms with E-state index in [9.17, 15) is 29.3 Å². The van der Waals surface area contributed by atoms with E-state index in [1.54, 1.807) is 68.9 Å². The first-order chi connectivity index (χ1) is 29.1. The number of carbonyl (C=O) groups is 4. The highest BCUT2D eigenvalue weighted by molar-refractivity contribution is 5.96. The Bertz CT molecular complexity index is 2330. The summed E-state index contributed by atoms with van der Waals surface area (Å²) < 4.78 is 20.3. The van der Waals surface area contributed by atoms with E-state index in [4.69, 9.17) is 19.9 Å². The number of ether oxygens (including phenoxy) is 3. The van der Waals surface area contributed by atoms with Gasteiger partial charge in [-0.2, -0.15) is 5.10 Å². The molecule has 2 heterocycles. The molecule has 0 saturated carbocycles. The Hall–Kier alpha value is -7.28. The smallest absolute Gasteiger partial charge is 0.412 e. The Balaban J connectivity index is 0.000000716. The molecule has 61 heavy (non-hydrogen) atoms. The van der Waals surface area contributed by atoms with E-state index < -0.39 is 22.5 Å². The molecule has 7 N–H and O–H groups in total. The van der Waals surface area contributed by atoms with Gasteiger partial charge in [0.2, 0.25) is 11.9 Å². The van der Waals surface area contributed by atoms with Crippen LogP contribution in [0.15, 0.2) is 66.7 Å². The van der Waals surface area contributed by atoms with Gasteiger partial charge in [-0.1, -0.05) is 24.3 Å². The second kappa shape index (κ2) is 22.8. The van der Waals surface area contributed by atoms with Crippen LogP contribution in [-0.2, 0) is 24.2 Å². The lowest BCUT2D eigenvalue weighted by Crippen LogP contribution is -2.27. The summed E-state index contributed by atoms with van der Waals surface area (Å²) in [6.07, 6.45) is 5.02. The molecule has 2 aromatic heterocycles. The molecule has 0 fully saturated rings. The van der Waals surface area contributed by atoms with Crippen LogP contribution in [0.5, 0.6) is 11.5 Å². The number of anilines is 3. The Morgan fingerprint density at radius 2 is 1.70 bits per heavy atom. The van der Waals surface area contributed by atoms with Crippen LogP contribution < -0.4 is 36.9 Å². The van der Waals surface area contributed by atoms with Gasteiger partial charge in [0.05, 0.1) is 29.9 Å². The molecule has 0 aliphatic rings. The summed E-state index contributed by atoms with van der Waals surface area (Å²) in [5.41, 5.74) is 13.7. The van der Waals surface area contributed by atoms with Crippen molar-refractivity contribution in [2.75, 3.05) is 50.3 Å². The van der Waals surface area contributed by atoms with Crippen LogP contribution >= 0.6 is 0 Å². The van der Waals surface area contributed by atoms with Gasteiger partial charge in [0.1, 0.15) is 34.6 Å². The van der Waals surface area contributed by atoms with Crippen LogP contribution in [0.3, 0.4) is 0 Å². The fourth-order valence-electron chi connectivity index (χ4n) is 5.81. The first kappa shape index (κ1) is 48.1. The van der Waals surface area contributed by atoms with Crippen LogP contribution in [-0.4, -0.2) is 88.8 Å². The van der Waals surface area contributed by atoms with Gasteiger partial charge in [0.15, 0.2) is 12.0 Å². The van der Waals surface area contributed by atoms with Crippen molar-refractivity contribution < 1.29 is 38.3 Å². The Labute approximate surface area is 353 Å². The van der Waals surface area contributed by atoms with Gasteiger partial charge in [-0.05, 0) is 83.6 Å². The van der Waals surface area contributed by atoms with Gasteiger partial charge in [0, 0.05) is 56.0 Å². The molecule has 0 radical (unpaired) electrons. The molecule has 19 heteroatoms. The number of hydrogen-bond acceptors (Lipinski definition) is 14. The lowest BCUT2D eigenvalue weighted by Gasteiger charge is -2.19. The third kappa shape index (κ3) is 13.6. The maximum atomic E-state index is 12.0. The number of nitrogens with zero attached hydrogens (tertiary/aromatic N) is 5. The average molecular weight is 843 g/mol. The number of allylic oxidation sites excluding steroid dienone is 1. The number of benzene rings is 3. The summed E-state index contributed by atoms with van der Waals surface area (Å²) in [5, 5.41) is 24.9. The number of rotatable bonds is 17. The predicted molar refractivity (Wildman–Crippen MR) is 234 cm³/mol. The fraction of sp³-hybridized carbons (Fsp3) is 0.333. The minimum atomic E-state index is -0.837. The van der Waals surface area contributed by atoms with Crippen LogP contribution in [0.25, 0.3) is 11.0 Å². The van der Waals surface area contributed by atoms with Crippen molar-refractivity contribution in [2.24, 2.45) is 11.5 Å². The molecule has 0 saturated heterocycles. The van der Waals surface area contributed by atoms with E-state index in [-0.39, 0.29) is 35.8 Å². The molecule has 0 aliphatic carbocycles. The predicted octanol–water partition coefficient (Wildman–Crippen LogP) is 6.14. The third-order valence-corrected chi connectivity index (χ3v) is 8.42. The molecular formula is C42H54N10O9. The van der Waals surface area contributed by atoms with E-state index in [1.807, 2.05) is 36.6 Å². The zero-order valence-corrected chi connectivity index (χ0v) is 35.6. The van der Waals surface area contributed by atoms with E-state index in [1.165, 1.54) is 20.2 Å². The number of imidazole rings is 1. The average Bonchev–Trinajstić information content (AvgIpc) is 3.79. The number of nitrogens with two attached hydrogens (primary N) is 2. The Morgan fingerprint density at radius 3 is 2.26 bits per heavy atom. The van der Waals surface area contributed by atoms with Crippen LogP contribution in [0, 0.1) is 17.0 Å². The molecule has 19 nitrogen and oxygen atoms in total. The second-order valence-corrected chi connectivity index (χ2v) is 13.9. The summed E-state index contributed by atoms with van der Waals surface area (Å²) in [6.45, 7) is 10.6. The van der Waals surface area contributed by atoms with Crippen molar-refractivity contribution in [3.63, 3.8) is 0 Å². The van der Waals surface area contributed by atoms with Gasteiger partial charge in [-0.15, -0.1) is 0 Å². The summed E-state index contributed by atoms with van der Waals surface area (Å²) in [5.74, 6) is 0.293. The quantitative estimate of drug-likeness (QED) is 0.0305. The van der Waals surface area contributed by atoms with Crippen LogP contribution in [0.2, 0.25) is 0 Å². The van der Waals surface area contributed by atoms with E-state index in [2.05, 4.69) is 31.8 Å². The maximum Gasteiger partial charge on any atom is 0.412 e. The number of primary amides is 1. The molecule has 0 atom stereocenters. The standard InChI is InChI=1S/C34H39N7O8.C7H10N2O.CH5N/c1-34(2,3)49-33(44)38-24-10-8-21(9-11-24)12-15-48-27-19-23(31(35)43)18-26(41(45)46)29(27)37-13-6-7-14-40-30-25(39-32(40)36-4)16-22(20-42)17-28(30)47-5;1-3-9-7(5-10)4-6(2)8-9;1-2/h6-11,16-20,37H,12-15H2,1-5H3,(H2,35,43)(H,36,39)(H,38,44);4-5H,3H2,1-2H3;2H2,1H3/b7-6+;;. The first-order valence-electron chi connectivity index (χ1n) is 19.1. The normalized spacial score (nSPS) is 10.8. The lowest BCUT2D eigenvalue weighted by molar-refractivity contribution is -0.384. The molecule has 0 unspecified atom stereocenters. The van der Waals surface area contributed by atoms with Gasteiger partial charge in [0.25, 0.3) is 5.69 Å². The number of fused-ring (bicyclic) bond motifs is 1. The molecule has 2 amide bonds. The van der Waals surface area contributed by atoms with Crippen molar-refractivity contribution >= 4 is 58.6 Å². The lowest BCUT2D eigenvalue weighted by atomic mass is 10.1. The van der Waals surface area contributed by atoms with Gasteiger partial charge in [-0.3, -0.25) is 34.5 Å². The summed E-state index contributed by atoms with van der Waals surface area (Å²) in [4.78, 5) is 61.7. The number of nitrogens with one attached hydrogen (secondary N) is 3. The summed E-state index contributed by atoms with van der Waals surface area (Å²) in [7, 11) is 4.74. The minimum absolute atomic E-state index is 0.0707. The largest absolute Gasteiger partial charge is 0.494 e. The number of nitro groups is 1. The Morgan fingerprint density at radius 1 is 1.00 bits per heavy atom. The molecule has 326 valence electrons. The minimum Gasteiger partial charge on any atom is -0.494 e. The van der Waals surface area contributed by atoms with E-state index >= 15 is 0 Å². The highest BCUT2D eigenvalue weighted by Crippen LogP contribution is 2.36. The van der Waals surface area contributed by atoms with Gasteiger partial charge < -0.3 is 40.9 Å². The second-order valence-electron chi connectivity index (χ2n) is 13.9. The van der Waals surface area contributed by atoms with E-state index in [0.29, 0.717) is 52.6 Å².